The van der Waals surface area contributed by atoms with E-state index in [9.17, 15) is 8.42 Å². The second-order valence-electron chi connectivity index (χ2n) is 4.93. The molecule has 0 bridgehead atoms. The number of fused-ring (bicyclic) bond motifs is 1. The lowest BCUT2D eigenvalue weighted by molar-refractivity contribution is 0.597. The van der Waals surface area contributed by atoms with Crippen molar-refractivity contribution in [1.82, 2.24) is 4.98 Å². The third-order valence-electron chi connectivity index (χ3n) is 3.47. The highest BCUT2D eigenvalue weighted by atomic mass is 35.5. The summed E-state index contributed by atoms with van der Waals surface area (Å²) in [6, 6.07) is 14.3. The average molecular weight is 333 g/mol. The molecule has 2 N–H and O–H groups in total. The fourth-order valence-electron chi connectivity index (χ4n) is 2.48. The van der Waals surface area contributed by atoms with Crippen LogP contribution in [0.4, 0.5) is 0 Å². The Morgan fingerprint density at radius 1 is 1.05 bits per heavy atom. The smallest absolute Gasteiger partial charge is 0.238 e. The van der Waals surface area contributed by atoms with Crippen molar-refractivity contribution < 1.29 is 8.42 Å². The van der Waals surface area contributed by atoms with E-state index in [0.29, 0.717) is 17.0 Å². The summed E-state index contributed by atoms with van der Waals surface area (Å²) in [6.07, 6.45) is 2.05. The first-order valence-electron chi connectivity index (χ1n) is 6.59. The van der Waals surface area contributed by atoms with Crippen molar-refractivity contribution in [2.75, 3.05) is 0 Å². The summed E-state index contributed by atoms with van der Waals surface area (Å²) in [6.45, 7) is 0. The molecule has 0 aliphatic carbocycles. The van der Waals surface area contributed by atoms with Crippen molar-refractivity contribution in [2.45, 2.75) is 11.3 Å². The molecule has 0 radical (unpaired) electrons. The van der Waals surface area contributed by atoms with E-state index in [4.69, 9.17) is 16.7 Å². The van der Waals surface area contributed by atoms with E-state index in [-0.39, 0.29) is 4.90 Å². The Morgan fingerprint density at radius 3 is 2.55 bits per heavy atom. The van der Waals surface area contributed by atoms with Crippen LogP contribution in [0, 0.1) is 0 Å². The Kier molecular flexibility index (Phi) is 3.87. The predicted molar refractivity (Wildman–Crippen MR) is 87.4 cm³/mol. The van der Waals surface area contributed by atoms with Gasteiger partial charge in [0.1, 0.15) is 0 Å². The number of halogens is 1. The third-order valence-corrected chi connectivity index (χ3v) is 4.82. The second-order valence-corrected chi connectivity index (χ2v) is 6.87. The molecular weight excluding hydrogens is 320 g/mol. The molecule has 6 heteroatoms. The van der Waals surface area contributed by atoms with E-state index in [1.165, 1.54) is 6.07 Å². The lowest BCUT2D eigenvalue weighted by Gasteiger charge is -2.11. The van der Waals surface area contributed by atoms with Crippen LogP contribution in [0.25, 0.3) is 10.9 Å². The Labute approximate surface area is 133 Å². The van der Waals surface area contributed by atoms with Gasteiger partial charge in [0.15, 0.2) is 0 Å². The molecule has 0 aliphatic rings. The van der Waals surface area contributed by atoms with Gasteiger partial charge < -0.3 is 0 Å². The molecule has 1 aromatic heterocycles. The van der Waals surface area contributed by atoms with Gasteiger partial charge in [0, 0.05) is 23.0 Å². The lowest BCUT2D eigenvalue weighted by Crippen LogP contribution is -2.15. The summed E-state index contributed by atoms with van der Waals surface area (Å²) in [5.74, 6) is 0. The zero-order valence-corrected chi connectivity index (χ0v) is 13.1. The van der Waals surface area contributed by atoms with Gasteiger partial charge in [-0.15, -0.1) is 0 Å². The van der Waals surface area contributed by atoms with Gasteiger partial charge >= 0.3 is 0 Å². The maximum Gasteiger partial charge on any atom is 0.238 e. The molecule has 4 nitrogen and oxygen atoms in total. The quantitative estimate of drug-likeness (QED) is 0.800. The molecule has 1 heterocycles. The van der Waals surface area contributed by atoms with E-state index in [0.717, 1.165) is 16.5 Å². The van der Waals surface area contributed by atoms with Crippen LogP contribution in [0.1, 0.15) is 11.1 Å². The van der Waals surface area contributed by atoms with Crippen LogP contribution in [0.15, 0.2) is 59.6 Å². The van der Waals surface area contributed by atoms with Gasteiger partial charge in [0.05, 0.1) is 10.4 Å². The molecule has 0 unspecified atom stereocenters. The first kappa shape index (κ1) is 15.0. The van der Waals surface area contributed by atoms with Crippen molar-refractivity contribution >= 4 is 32.5 Å². The number of aromatic nitrogens is 1. The number of benzene rings is 2. The number of pyridine rings is 1. The summed E-state index contributed by atoms with van der Waals surface area (Å²) >= 11 is 6.20. The Balaban J connectivity index is 2.18. The molecular formula is C16H13ClN2O2S. The van der Waals surface area contributed by atoms with Gasteiger partial charge in [-0.1, -0.05) is 41.9 Å². The minimum atomic E-state index is -3.83. The highest BCUT2D eigenvalue weighted by Crippen LogP contribution is 2.28. The fourth-order valence-corrected chi connectivity index (χ4v) is 3.57. The molecule has 22 heavy (non-hydrogen) atoms. The minimum absolute atomic E-state index is 0.0490. The van der Waals surface area contributed by atoms with Crippen molar-refractivity contribution in [3.8, 4) is 0 Å². The summed E-state index contributed by atoms with van der Waals surface area (Å²) in [7, 11) is -3.83. The van der Waals surface area contributed by atoms with E-state index in [1.54, 1.807) is 18.3 Å². The number of nitrogens with zero attached hydrogens (tertiary/aromatic N) is 1. The van der Waals surface area contributed by atoms with Crippen molar-refractivity contribution in [1.29, 1.82) is 0 Å². The number of primary sulfonamides is 1. The zero-order valence-electron chi connectivity index (χ0n) is 11.5. The number of para-hydroxylation sites is 1. The Bertz CT molecular complexity index is 950. The molecule has 0 fully saturated rings. The largest absolute Gasteiger partial charge is 0.256 e. The number of hydrogen-bond acceptors (Lipinski definition) is 3. The van der Waals surface area contributed by atoms with Crippen molar-refractivity contribution in [3.63, 3.8) is 0 Å². The molecule has 0 saturated heterocycles. The molecule has 0 aliphatic heterocycles. The van der Waals surface area contributed by atoms with Gasteiger partial charge in [-0.05, 0) is 29.3 Å². The highest BCUT2D eigenvalue weighted by molar-refractivity contribution is 7.89. The normalized spacial score (nSPS) is 11.7. The summed E-state index contributed by atoms with van der Waals surface area (Å²) in [5, 5.41) is 6.66. The van der Waals surface area contributed by atoms with E-state index >= 15 is 0 Å². The molecule has 0 spiro atoms. The molecule has 112 valence electrons. The number of hydrogen-bond donors (Lipinski definition) is 1. The maximum absolute atomic E-state index is 11.8. The Morgan fingerprint density at radius 2 is 1.77 bits per heavy atom. The van der Waals surface area contributed by atoms with E-state index < -0.39 is 10.0 Å². The first-order chi connectivity index (χ1) is 10.5. The van der Waals surface area contributed by atoms with Crippen LogP contribution in [-0.2, 0) is 16.4 Å². The van der Waals surface area contributed by atoms with Crippen LogP contribution in [0.3, 0.4) is 0 Å². The van der Waals surface area contributed by atoms with Gasteiger partial charge in [-0.3, -0.25) is 4.98 Å². The van der Waals surface area contributed by atoms with Gasteiger partial charge in [-0.2, -0.15) is 0 Å². The highest BCUT2D eigenvalue weighted by Gasteiger charge is 2.17. The third kappa shape index (κ3) is 2.83. The summed E-state index contributed by atoms with van der Waals surface area (Å²) in [4.78, 5) is 4.42. The van der Waals surface area contributed by atoms with Gasteiger partial charge in [-0.25, -0.2) is 13.6 Å². The second kappa shape index (κ2) is 5.68. The molecule has 0 amide bonds. The Hall–Kier alpha value is -1.95. The average Bonchev–Trinajstić information content (AvgIpc) is 2.48. The molecule has 3 rings (SSSR count). The van der Waals surface area contributed by atoms with Gasteiger partial charge in [0.25, 0.3) is 0 Å². The monoisotopic (exact) mass is 332 g/mol. The molecule has 0 saturated carbocycles. The SMILES string of the molecule is NS(=O)(=O)c1cccc(Cl)c1Cc1cccc2cccnc12. The number of nitrogens with two attached hydrogens (primary N) is 1. The lowest BCUT2D eigenvalue weighted by atomic mass is 10.0. The van der Waals surface area contributed by atoms with Crippen LogP contribution < -0.4 is 5.14 Å². The zero-order chi connectivity index (χ0) is 15.7. The van der Waals surface area contributed by atoms with Crippen LogP contribution >= 0.6 is 11.6 Å². The number of sulfonamides is 1. The van der Waals surface area contributed by atoms with E-state index in [2.05, 4.69) is 4.98 Å². The topological polar surface area (TPSA) is 73.1 Å². The van der Waals surface area contributed by atoms with Crippen molar-refractivity contribution in [2.24, 2.45) is 5.14 Å². The van der Waals surface area contributed by atoms with Crippen LogP contribution in [-0.4, -0.2) is 13.4 Å². The first-order valence-corrected chi connectivity index (χ1v) is 8.52. The molecule has 0 atom stereocenters. The fraction of sp³-hybridized carbons (Fsp3) is 0.0625. The van der Waals surface area contributed by atoms with Crippen LogP contribution in [0.2, 0.25) is 5.02 Å². The van der Waals surface area contributed by atoms with Gasteiger partial charge in [0.2, 0.25) is 10.0 Å². The van der Waals surface area contributed by atoms with E-state index in [1.807, 2.05) is 30.3 Å². The van der Waals surface area contributed by atoms with Crippen molar-refractivity contribution in [3.05, 3.63) is 70.9 Å². The number of rotatable bonds is 3. The maximum atomic E-state index is 11.8. The predicted octanol–water partition coefficient (Wildman–Crippen LogP) is 3.13. The summed E-state index contributed by atoms with van der Waals surface area (Å²) in [5.41, 5.74) is 2.21. The summed E-state index contributed by atoms with van der Waals surface area (Å²) < 4.78 is 23.5. The standard InChI is InChI=1S/C16H13ClN2O2S/c17-14-7-2-8-15(22(18,20)21)13(14)10-12-5-1-4-11-6-3-9-19-16(11)12/h1-9H,10H2,(H2,18,20,21). The minimum Gasteiger partial charge on any atom is -0.256 e. The molecule has 2 aromatic carbocycles. The van der Waals surface area contributed by atoms with Crippen LogP contribution in [0.5, 0.6) is 0 Å². The molecule has 3 aromatic rings.